The number of rotatable bonds is 3. The first-order valence-corrected chi connectivity index (χ1v) is 6.33. The van der Waals surface area contributed by atoms with E-state index in [1.54, 1.807) is 18.3 Å². The minimum Gasteiger partial charge on any atom is -0.382 e. The third kappa shape index (κ3) is 2.66. The predicted octanol–water partition coefficient (Wildman–Crippen LogP) is 2.21. The molecule has 0 bridgehead atoms. The highest BCUT2D eigenvalue weighted by Crippen LogP contribution is 2.17. The fourth-order valence-electron chi connectivity index (χ4n) is 1.96. The molecule has 3 rings (SSSR count). The van der Waals surface area contributed by atoms with Gasteiger partial charge in [-0.2, -0.15) is 0 Å². The van der Waals surface area contributed by atoms with Crippen molar-refractivity contribution in [1.82, 2.24) is 4.98 Å². The number of hydrogen-bond acceptors (Lipinski definition) is 4. The first-order valence-electron chi connectivity index (χ1n) is 6.33. The van der Waals surface area contributed by atoms with Crippen LogP contribution in [-0.4, -0.2) is 22.7 Å². The van der Waals surface area contributed by atoms with Gasteiger partial charge in [0.05, 0.1) is 5.71 Å². The highest BCUT2D eigenvalue weighted by molar-refractivity contribution is 6.05. The van der Waals surface area contributed by atoms with Gasteiger partial charge in [-0.05, 0) is 17.7 Å². The molecule has 0 aliphatic carbocycles. The number of pyridine rings is 1. The van der Waals surface area contributed by atoms with Crippen molar-refractivity contribution in [3.63, 3.8) is 0 Å². The molecule has 2 heterocycles. The van der Waals surface area contributed by atoms with Crippen molar-refractivity contribution in [3.05, 3.63) is 60.3 Å². The van der Waals surface area contributed by atoms with Crippen LogP contribution in [0.1, 0.15) is 12.0 Å². The van der Waals surface area contributed by atoms with Gasteiger partial charge in [-0.1, -0.05) is 41.6 Å². The van der Waals surface area contributed by atoms with Crippen molar-refractivity contribution < 1.29 is 9.63 Å². The molecule has 1 amide bonds. The van der Waals surface area contributed by atoms with Gasteiger partial charge < -0.3 is 10.2 Å². The summed E-state index contributed by atoms with van der Waals surface area (Å²) in [5.41, 5.74) is 1.76. The summed E-state index contributed by atoms with van der Waals surface area (Å²) in [5.74, 6) is 0.271. The first-order chi connectivity index (χ1) is 9.83. The highest BCUT2D eigenvalue weighted by Gasteiger charge is 2.28. The lowest BCUT2D eigenvalue weighted by atomic mass is 10.0. The topological polar surface area (TPSA) is 63.6 Å². The molecule has 1 aliphatic rings. The van der Waals surface area contributed by atoms with E-state index in [4.69, 9.17) is 4.84 Å². The molecule has 0 radical (unpaired) electrons. The van der Waals surface area contributed by atoms with Crippen LogP contribution in [0.4, 0.5) is 5.82 Å². The van der Waals surface area contributed by atoms with Gasteiger partial charge in [-0.25, -0.2) is 4.98 Å². The van der Waals surface area contributed by atoms with E-state index in [2.05, 4.69) is 15.5 Å². The second-order valence-electron chi connectivity index (χ2n) is 4.41. The summed E-state index contributed by atoms with van der Waals surface area (Å²) in [4.78, 5) is 21.3. The van der Waals surface area contributed by atoms with E-state index >= 15 is 0 Å². The molecule has 0 fully saturated rings. The number of benzene rings is 1. The van der Waals surface area contributed by atoms with Crippen LogP contribution in [0.3, 0.4) is 0 Å². The predicted molar refractivity (Wildman–Crippen MR) is 75.3 cm³/mol. The maximum atomic E-state index is 12.0. The van der Waals surface area contributed by atoms with E-state index in [1.807, 2.05) is 36.4 Å². The van der Waals surface area contributed by atoms with Gasteiger partial charge in [0, 0.05) is 12.6 Å². The Morgan fingerprint density at radius 3 is 2.70 bits per heavy atom. The maximum Gasteiger partial charge on any atom is 0.269 e. The lowest BCUT2D eigenvalue weighted by Gasteiger charge is -2.08. The summed E-state index contributed by atoms with van der Waals surface area (Å²) in [5, 5.41) is 6.69. The van der Waals surface area contributed by atoms with Crippen molar-refractivity contribution in [2.45, 2.75) is 12.5 Å². The van der Waals surface area contributed by atoms with Crippen molar-refractivity contribution >= 4 is 17.4 Å². The van der Waals surface area contributed by atoms with Crippen LogP contribution >= 0.6 is 0 Å². The van der Waals surface area contributed by atoms with Crippen LogP contribution in [-0.2, 0) is 9.63 Å². The average Bonchev–Trinajstić information content (AvgIpc) is 2.99. The lowest BCUT2D eigenvalue weighted by molar-refractivity contribution is -0.125. The Balaban J connectivity index is 1.63. The van der Waals surface area contributed by atoms with Crippen molar-refractivity contribution in [1.29, 1.82) is 0 Å². The normalized spacial score (nSPS) is 17.2. The fraction of sp³-hybridized carbons (Fsp3) is 0.133. The number of nitrogens with one attached hydrogen (secondary N) is 1. The smallest absolute Gasteiger partial charge is 0.269 e. The number of hydrogen-bond donors (Lipinski definition) is 1. The molecule has 1 unspecified atom stereocenters. The molecule has 0 spiro atoms. The summed E-state index contributed by atoms with van der Waals surface area (Å²) in [6.45, 7) is 0. The number of anilines is 1. The minimum absolute atomic E-state index is 0.238. The number of nitrogens with zero attached hydrogens (tertiary/aromatic N) is 2. The molecule has 5 nitrogen and oxygen atoms in total. The minimum atomic E-state index is -0.604. The molecule has 100 valence electrons. The molecule has 1 atom stereocenters. The van der Waals surface area contributed by atoms with Gasteiger partial charge in [-0.15, -0.1) is 0 Å². The Morgan fingerprint density at radius 1 is 1.15 bits per heavy atom. The van der Waals surface area contributed by atoms with Crippen molar-refractivity contribution in [2.75, 3.05) is 5.32 Å². The quantitative estimate of drug-likeness (QED) is 0.927. The van der Waals surface area contributed by atoms with Crippen molar-refractivity contribution in [3.8, 4) is 0 Å². The van der Waals surface area contributed by atoms with Crippen LogP contribution in [0.15, 0.2) is 59.9 Å². The Kier molecular flexibility index (Phi) is 3.41. The Morgan fingerprint density at radius 2 is 1.95 bits per heavy atom. The standard InChI is InChI=1S/C15H13N3O2/c19-15(17-14-8-4-5-9-16-14)13-10-12(18-20-13)11-6-2-1-3-7-11/h1-9,13H,10H2,(H,16,17,19). The number of carbonyl (C=O) groups is 1. The number of aromatic nitrogens is 1. The number of carbonyl (C=O) groups excluding carboxylic acids is 1. The van der Waals surface area contributed by atoms with E-state index in [0.29, 0.717) is 12.2 Å². The summed E-state index contributed by atoms with van der Waals surface area (Å²) in [6.07, 6.45) is 1.48. The molecule has 1 aromatic carbocycles. The highest BCUT2D eigenvalue weighted by atomic mass is 16.6. The third-order valence-corrected chi connectivity index (χ3v) is 2.98. The van der Waals surface area contributed by atoms with E-state index in [-0.39, 0.29) is 5.91 Å². The molecule has 0 saturated carbocycles. The van der Waals surface area contributed by atoms with E-state index in [0.717, 1.165) is 11.3 Å². The van der Waals surface area contributed by atoms with Crippen LogP contribution in [0, 0.1) is 0 Å². The Labute approximate surface area is 116 Å². The zero-order chi connectivity index (χ0) is 13.8. The van der Waals surface area contributed by atoms with Gasteiger partial charge in [0.25, 0.3) is 5.91 Å². The van der Waals surface area contributed by atoms with Gasteiger partial charge in [-0.3, -0.25) is 4.79 Å². The molecular formula is C15H13N3O2. The van der Waals surface area contributed by atoms with E-state index in [9.17, 15) is 4.79 Å². The van der Waals surface area contributed by atoms with Crippen LogP contribution in [0.5, 0.6) is 0 Å². The van der Waals surface area contributed by atoms with Crippen molar-refractivity contribution in [2.24, 2.45) is 5.16 Å². The molecule has 20 heavy (non-hydrogen) atoms. The first kappa shape index (κ1) is 12.3. The number of oxime groups is 1. The van der Waals surface area contributed by atoms with E-state index < -0.39 is 6.10 Å². The summed E-state index contributed by atoms with van der Waals surface area (Å²) in [7, 11) is 0. The summed E-state index contributed by atoms with van der Waals surface area (Å²) < 4.78 is 0. The summed E-state index contributed by atoms with van der Waals surface area (Å²) in [6, 6.07) is 15.0. The van der Waals surface area contributed by atoms with Gasteiger partial charge in [0.1, 0.15) is 5.82 Å². The average molecular weight is 267 g/mol. The van der Waals surface area contributed by atoms with E-state index in [1.165, 1.54) is 0 Å². The Hall–Kier alpha value is -2.69. The van der Waals surface area contributed by atoms with Crippen LogP contribution in [0.2, 0.25) is 0 Å². The maximum absolute atomic E-state index is 12.0. The zero-order valence-corrected chi connectivity index (χ0v) is 10.7. The molecule has 2 aromatic rings. The number of amides is 1. The second kappa shape index (κ2) is 5.52. The monoisotopic (exact) mass is 267 g/mol. The van der Waals surface area contributed by atoms with Gasteiger partial charge >= 0.3 is 0 Å². The van der Waals surface area contributed by atoms with Gasteiger partial charge in [0.2, 0.25) is 6.10 Å². The fourth-order valence-corrected chi connectivity index (χ4v) is 1.96. The molecule has 1 aliphatic heterocycles. The van der Waals surface area contributed by atoms with Crippen LogP contribution < -0.4 is 5.32 Å². The molecular weight excluding hydrogens is 254 g/mol. The molecule has 1 aromatic heterocycles. The molecule has 1 N–H and O–H groups in total. The lowest BCUT2D eigenvalue weighted by Crippen LogP contribution is -2.28. The molecule has 5 heteroatoms. The second-order valence-corrected chi connectivity index (χ2v) is 4.41. The van der Waals surface area contributed by atoms with Gasteiger partial charge in [0.15, 0.2) is 0 Å². The third-order valence-electron chi connectivity index (χ3n) is 2.98. The Bertz CT molecular complexity index is 626. The SMILES string of the molecule is O=C(Nc1ccccn1)C1CC(c2ccccc2)=NO1. The molecule has 0 saturated heterocycles. The largest absolute Gasteiger partial charge is 0.382 e. The summed E-state index contributed by atoms with van der Waals surface area (Å²) >= 11 is 0. The van der Waals surface area contributed by atoms with Crippen LogP contribution in [0.25, 0.3) is 0 Å². The zero-order valence-electron chi connectivity index (χ0n) is 10.7.